The van der Waals surface area contributed by atoms with Crippen molar-refractivity contribution in [1.82, 2.24) is 0 Å². The second kappa shape index (κ2) is 0.936. The minimum absolute atomic E-state index is 0.229. The van der Waals surface area contributed by atoms with E-state index < -0.39 is 5.85 Å². The summed E-state index contributed by atoms with van der Waals surface area (Å²) in [6.07, 6.45) is 1.24. The first-order valence-electron chi connectivity index (χ1n) is 2.10. The minimum Gasteiger partial charge on any atom is -0.209 e. The molecule has 0 aromatic rings. The Kier molecular flexibility index (Phi) is 0.634. The zero-order valence-corrected chi connectivity index (χ0v) is 3.41. The third kappa shape index (κ3) is 0.522. The Labute approximate surface area is 35.8 Å². The van der Waals surface area contributed by atoms with E-state index in [0.29, 0.717) is 0 Å². The largest absolute Gasteiger partial charge is 0.241 e. The highest BCUT2D eigenvalue weighted by Crippen LogP contribution is 2.32. The number of halogens is 1. The monoisotopic (exact) mass is 89.0 g/mol. The van der Waals surface area contributed by atoms with Crippen molar-refractivity contribution in [3.63, 3.8) is 0 Å². The smallest absolute Gasteiger partial charge is 0.209 e. The lowest BCUT2D eigenvalue weighted by atomic mass is 9.94. The maximum absolute atomic E-state index is 11.6. The summed E-state index contributed by atoms with van der Waals surface area (Å²) in [6, 6.07) is 0. The Hall–Kier alpha value is -0.110. The van der Waals surface area contributed by atoms with Crippen LogP contribution < -0.4 is 0 Å². The van der Waals surface area contributed by atoms with Crippen molar-refractivity contribution < 1.29 is 9.50 Å². The molecule has 0 N–H and O–H groups in total. The Morgan fingerprint density at radius 2 is 1.83 bits per heavy atom. The van der Waals surface area contributed by atoms with E-state index in [4.69, 9.17) is 0 Å². The second-order valence-electron chi connectivity index (χ2n) is 1.74. The van der Waals surface area contributed by atoms with Crippen LogP contribution in [-0.2, 0) is 5.11 Å². The maximum Gasteiger partial charge on any atom is 0.241 e. The molecule has 0 bridgehead atoms. The van der Waals surface area contributed by atoms with E-state index in [-0.39, 0.29) is 12.8 Å². The van der Waals surface area contributed by atoms with Crippen LogP contribution in [0.3, 0.4) is 0 Å². The van der Waals surface area contributed by atoms with Crippen LogP contribution in [-0.4, -0.2) is 5.85 Å². The van der Waals surface area contributed by atoms with Gasteiger partial charge in [0.1, 0.15) is 0 Å². The highest BCUT2D eigenvalue weighted by Gasteiger charge is 2.35. The van der Waals surface area contributed by atoms with Gasteiger partial charge in [-0.15, -0.1) is 0 Å². The molecule has 1 saturated carbocycles. The molecule has 0 aliphatic heterocycles. The Balaban J connectivity index is 2.31. The fraction of sp³-hybridized carbons (Fsp3) is 1.00. The van der Waals surface area contributed by atoms with Gasteiger partial charge in [-0.2, -0.15) is 5.11 Å². The van der Waals surface area contributed by atoms with Crippen molar-refractivity contribution in [3.8, 4) is 0 Å². The summed E-state index contributed by atoms with van der Waals surface area (Å²) in [4.78, 5) is 0. The minimum atomic E-state index is -2.03. The van der Waals surface area contributed by atoms with Crippen molar-refractivity contribution in [2.45, 2.75) is 25.1 Å². The average molecular weight is 89.1 g/mol. The molecule has 1 radical (unpaired) electrons. The highest BCUT2D eigenvalue weighted by molar-refractivity contribution is 4.74. The third-order valence-electron chi connectivity index (χ3n) is 1.10. The summed E-state index contributed by atoms with van der Waals surface area (Å²) < 4.78 is 11.6. The molecule has 1 fully saturated rings. The number of alkyl halides is 1. The van der Waals surface area contributed by atoms with Crippen LogP contribution >= 0.6 is 0 Å². The molecule has 0 amide bonds. The summed E-state index contributed by atoms with van der Waals surface area (Å²) >= 11 is 0. The molecule has 0 aromatic heterocycles. The molecule has 0 spiro atoms. The van der Waals surface area contributed by atoms with Crippen LogP contribution in [0.5, 0.6) is 0 Å². The normalized spacial score (nSPS) is 29.0. The quantitative estimate of drug-likeness (QED) is 0.426. The van der Waals surface area contributed by atoms with Gasteiger partial charge in [0.25, 0.3) is 0 Å². The van der Waals surface area contributed by atoms with Gasteiger partial charge in [-0.25, -0.2) is 4.39 Å². The summed E-state index contributed by atoms with van der Waals surface area (Å²) in [5.74, 6) is -2.03. The lowest BCUT2D eigenvalue weighted by Gasteiger charge is -2.24. The zero-order valence-electron chi connectivity index (χ0n) is 3.41. The maximum atomic E-state index is 11.6. The van der Waals surface area contributed by atoms with Gasteiger partial charge in [0, 0.05) is 12.8 Å². The summed E-state index contributed by atoms with van der Waals surface area (Å²) in [5, 5.41) is 9.89. The van der Waals surface area contributed by atoms with Crippen LogP contribution in [0.25, 0.3) is 0 Å². The van der Waals surface area contributed by atoms with E-state index in [9.17, 15) is 9.50 Å². The van der Waals surface area contributed by atoms with Gasteiger partial charge in [-0.05, 0) is 6.42 Å². The molecule has 0 atom stereocenters. The number of rotatable bonds is 0. The van der Waals surface area contributed by atoms with Gasteiger partial charge in [-0.3, -0.25) is 0 Å². The standard InChI is InChI=1S/C4H6FO/c5-4(6)2-1-3-4/h1-3H2. The van der Waals surface area contributed by atoms with Crippen LogP contribution in [0.15, 0.2) is 0 Å². The first-order valence-corrected chi connectivity index (χ1v) is 2.10. The van der Waals surface area contributed by atoms with Crippen molar-refractivity contribution in [2.75, 3.05) is 0 Å². The SMILES string of the molecule is [O]C1(F)CCC1. The fourth-order valence-electron chi connectivity index (χ4n) is 0.455. The first-order chi connectivity index (χ1) is 2.71. The molecule has 1 aliphatic carbocycles. The molecule has 0 aromatic carbocycles. The molecular formula is C4H6FO. The van der Waals surface area contributed by atoms with Crippen LogP contribution in [0, 0.1) is 0 Å². The van der Waals surface area contributed by atoms with E-state index in [1.165, 1.54) is 0 Å². The Morgan fingerprint density at radius 1 is 1.50 bits per heavy atom. The molecule has 2 heteroatoms. The van der Waals surface area contributed by atoms with Gasteiger partial charge < -0.3 is 0 Å². The fourth-order valence-corrected chi connectivity index (χ4v) is 0.455. The predicted octanol–water partition coefficient (Wildman–Crippen LogP) is 1.27. The molecule has 0 heterocycles. The molecule has 6 heavy (non-hydrogen) atoms. The Bertz CT molecular complexity index is 54.6. The van der Waals surface area contributed by atoms with E-state index in [1.807, 2.05) is 0 Å². The van der Waals surface area contributed by atoms with Crippen molar-refractivity contribution in [2.24, 2.45) is 0 Å². The first kappa shape index (κ1) is 4.06. The third-order valence-corrected chi connectivity index (χ3v) is 1.10. The molecule has 35 valence electrons. The summed E-state index contributed by atoms with van der Waals surface area (Å²) in [6.45, 7) is 0. The number of hydrogen-bond acceptors (Lipinski definition) is 0. The molecule has 1 nitrogen and oxygen atoms in total. The molecule has 0 unspecified atom stereocenters. The molecular weight excluding hydrogens is 83.0 g/mol. The highest BCUT2D eigenvalue weighted by atomic mass is 19.2. The van der Waals surface area contributed by atoms with Crippen LogP contribution in [0.2, 0.25) is 0 Å². The number of hydrogen-bond donors (Lipinski definition) is 0. The van der Waals surface area contributed by atoms with Gasteiger partial charge in [-0.1, -0.05) is 0 Å². The van der Waals surface area contributed by atoms with Crippen molar-refractivity contribution >= 4 is 0 Å². The van der Waals surface area contributed by atoms with Gasteiger partial charge in [0.2, 0.25) is 5.85 Å². The summed E-state index contributed by atoms with van der Waals surface area (Å²) in [7, 11) is 0. The molecule has 1 rings (SSSR count). The topological polar surface area (TPSA) is 19.9 Å². The van der Waals surface area contributed by atoms with Crippen molar-refractivity contribution in [1.29, 1.82) is 0 Å². The van der Waals surface area contributed by atoms with Gasteiger partial charge >= 0.3 is 0 Å². The predicted molar refractivity (Wildman–Crippen MR) is 18.4 cm³/mol. The van der Waals surface area contributed by atoms with E-state index in [0.717, 1.165) is 6.42 Å². The van der Waals surface area contributed by atoms with Crippen LogP contribution in [0.1, 0.15) is 19.3 Å². The van der Waals surface area contributed by atoms with Gasteiger partial charge in [0.15, 0.2) is 0 Å². The zero-order chi connectivity index (χ0) is 4.62. The lowest BCUT2D eigenvalue weighted by Crippen LogP contribution is -2.28. The van der Waals surface area contributed by atoms with E-state index in [1.54, 1.807) is 0 Å². The van der Waals surface area contributed by atoms with Gasteiger partial charge in [0.05, 0.1) is 0 Å². The average Bonchev–Trinajstić information content (AvgIpc) is 1.32. The molecule has 1 aliphatic rings. The lowest BCUT2D eigenvalue weighted by molar-refractivity contribution is -0.193. The second-order valence-corrected chi connectivity index (χ2v) is 1.74. The van der Waals surface area contributed by atoms with Crippen LogP contribution in [0.4, 0.5) is 4.39 Å². The van der Waals surface area contributed by atoms with E-state index >= 15 is 0 Å². The van der Waals surface area contributed by atoms with Crippen molar-refractivity contribution in [3.05, 3.63) is 0 Å². The summed E-state index contributed by atoms with van der Waals surface area (Å²) in [5.41, 5.74) is 0. The molecule has 0 saturated heterocycles. The Morgan fingerprint density at radius 3 is 1.83 bits per heavy atom. The van der Waals surface area contributed by atoms with E-state index in [2.05, 4.69) is 0 Å².